The van der Waals surface area contributed by atoms with Gasteiger partial charge in [-0.2, -0.15) is 0 Å². The molecule has 0 spiro atoms. The highest BCUT2D eigenvalue weighted by atomic mass is 16.5. The number of ketones is 1. The van der Waals surface area contributed by atoms with Crippen molar-refractivity contribution in [2.75, 3.05) is 13.2 Å². The van der Waals surface area contributed by atoms with E-state index in [4.69, 9.17) is 4.74 Å². The first-order chi connectivity index (χ1) is 8.42. The molecule has 0 heterocycles. The monoisotopic (exact) mass is 249 g/mol. The molecule has 1 aromatic rings. The minimum atomic E-state index is 0.0547. The number of benzene rings is 1. The van der Waals surface area contributed by atoms with Crippen LogP contribution >= 0.6 is 0 Å². The molecule has 0 fully saturated rings. The number of hydrogen-bond acceptors (Lipinski definition) is 3. The summed E-state index contributed by atoms with van der Waals surface area (Å²) < 4.78 is 5.34. The number of Topliss-reactive ketones (excluding diaryl/α,β-unsaturated/α-hetero) is 1. The molecule has 0 aliphatic rings. The average molecular weight is 249 g/mol. The fraction of sp³-hybridized carbons (Fsp3) is 0.533. The summed E-state index contributed by atoms with van der Waals surface area (Å²) >= 11 is 0. The third-order valence-electron chi connectivity index (χ3n) is 2.49. The highest BCUT2D eigenvalue weighted by molar-refractivity contribution is 5.96. The van der Waals surface area contributed by atoms with Gasteiger partial charge < -0.3 is 10.1 Å². The van der Waals surface area contributed by atoms with Gasteiger partial charge in [-0.3, -0.25) is 4.79 Å². The van der Waals surface area contributed by atoms with Crippen LogP contribution in [0.15, 0.2) is 24.3 Å². The number of hydrogen-bond donors (Lipinski definition) is 1. The van der Waals surface area contributed by atoms with E-state index >= 15 is 0 Å². The first kappa shape index (κ1) is 14.7. The lowest BCUT2D eigenvalue weighted by atomic mass is 10.1. The first-order valence-electron chi connectivity index (χ1n) is 6.43. The van der Waals surface area contributed by atoms with Gasteiger partial charge in [0.15, 0.2) is 5.78 Å². The van der Waals surface area contributed by atoms with Crippen molar-refractivity contribution < 1.29 is 9.53 Å². The molecule has 0 amide bonds. The number of nitrogens with one attached hydrogen (secondary N) is 1. The Labute approximate surface area is 110 Å². The SMILES string of the molecule is CCOc1ccc(C(=O)CCNC(C)(C)C)cc1. The van der Waals surface area contributed by atoms with E-state index in [0.29, 0.717) is 19.6 Å². The van der Waals surface area contributed by atoms with Crippen LogP contribution in [0.1, 0.15) is 44.5 Å². The minimum absolute atomic E-state index is 0.0547. The minimum Gasteiger partial charge on any atom is -0.494 e. The molecule has 1 N–H and O–H groups in total. The van der Waals surface area contributed by atoms with Gasteiger partial charge in [-0.05, 0) is 52.0 Å². The molecular formula is C15H23NO2. The Balaban J connectivity index is 2.46. The Bertz CT molecular complexity index is 376. The van der Waals surface area contributed by atoms with Gasteiger partial charge in [0, 0.05) is 24.1 Å². The lowest BCUT2D eigenvalue weighted by Gasteiger charge is -2.20. The lowest BCUT2D eigenvalue weighted by Crippen LogP contribution is -2.37. The van der Waals surface area contributed by atoms with Crippen molar-refractivity contribution in [3.8, 4) is 5.75 Å². The maximum atomic E-state index is 11.9. The van der Waals surface area contributed by atoms with Gasteiger partial charge in [0.1, 0.15) is 5.75 Å². The van der Waals surface area contributed by atoms with Crippen molar-refractivity contribution in [1.82, 2.24) is 5.32 Å². The van der Waals surface area contributed by atoms with Crippen LogP contribution in [0.5, 0.6) is 5.75 Å². The molecule has 3 heteroatoms. The predicted octanol–water partition coefficient (Wildman–Crippen LogP) is 3.05. The van der Waals surface area contributed by atoms with E-state index in [9.17, 15) is 4.79 Å². The number of carbonyl (C=O) groups excluding carboxylic acids is 1. The molecule has 100 valence electrons. The normalized spacial score (nSPS) is 11.3. The molecule has 0 bridgehead atoms. The summed E-state index contributed by atoms with van der Waals surface area (Å²) in [6.45, 7) is 9.56. The third kappa shape index (κ3) is 5.32. The van der Waals surface area contributed by atoms with E-state index in [2.05, 4.69) is 26.1 Å². The summed E-state index contributed by atoms with van der Waals surface area (Å²) in [5.41, 5.74) is 0.799. The van der Waals surface area contributed by atoms with E-state index in [1.807, 2.05) is 31.2 Å². The molecular weight excluding hydrogens is 226 g/mol. The number of ether oxygens (including phenoxy) is 1. The lowest BCUT2D eigenvalue weighted by molar-refractivity contribution is 0.0980. The highest BCUT2D eigenvalue weighted by Gasteiger charge is 2.10. The Morgan fingerprint density at radius 3 is 2.33 bits per heavy atom. The molecule has 0 aliphatic carbocycles. The van der Waals surface area contributed by atoms with E-state index in [0.717, 1.165) is 11.3 Å². The van der Waals surface area contributed by atoms with Crippen LogP contribution in [-0.2, 0) is 0 Å². The summed E-state index contributed by atoms with van der Waals surface area (Å²) in [6, 6.07) is 7.33. The van der Waals surface area contributed by atoms with Crippen LogP contribution in [0.2, 0.25) is 0 Å². The molecule has 1 aromatic carbocycles. The Hall–Kier alpha value is -1.35. The Kier molecular flexibility index (Phi) is 5.35. The maximum Gasteiger partial charge on any atom is 0.164 e. The number of rotatable bonds is 6. The molecule has 18 heavy (non-hydrogen) atoms. The molecule has 0 saturated carbocycles. The molecule has 0 unspecified atom stereocenters. The second-order valence-electron chi connectivity index (χ2n) is 5.31. The van der Waals surface area contributed by atoms with Crippen LogP contribution in [0, 0.1) is 0 Å². The van der Waals surface area contributed by atoms with Gasteiger partial charge >= 0.3 is 0 Å². The van der Waals surface area contributed by atoms with Crippen molar-refractivity contribution >= 4 is 5.78 Å². The quantitative estimate of drug-likeness (QED) is 0.787. The fourth-order valence-electron chi connectivity index (χ4n) is 1.60. The Morgan fingerprint density at radius 1 is 1.22 bits per heavy atom. The molecule has 1 rings (SSSR count). The molecule has 0 aromatic heterocycles. The smallest absolute Gasteiger partial charge is 0.164 e. The summed E-state index contributed by atoms with van der Waals surface area (Å²) in [7, 11) is 0. The van der Waals surface area contributed by atoms with Crippen LogP contribution in [0.4, 0.5) is 0 Å². The fourth-order valence-corrected chi connectivity index (χ4v) is 1.60. The molecule has 3 nitrogen and oxygen atoms in total. The van der Waals surface area contributed by atoms with Crippen molar-refractivity contribution in [2.24, 2.45) is 0 Å². The zero-order chi connectivity index (χ0) is 13.6. The Morgan fingerprint density at radius 2 is 1.83 bits per heavy atom. The maximum absolute atomic E-state index is 11.9. The second-order valence-corrected chi connectivity index (χ2v) is 5.31. The molecule has 0 atom stereocenters. The summed E-state index contributed by atoms with van der Waals surface area (Å²) in [5, 5.41) is 3.31. The van der Waals surface area contributed by atoms with Gasteiger partial charge in [-0.1, -0.05) is 0 Å². The standard InChI is InChI=1S/C15H23NO2/c1-5-18-13-8-6-12(7-9-13)14(17)10-11-16-15(2,3)4/h6-9,16H,5,10-11H2,1-4H3. The highest BCUT2D eigenvalue weighted by Crippen LogP contribution is 2.13. The molecule has 0 aliphatic heterocycles. The zero-order valence-electron chi connectivity index (χ0n) is 11.7. The predicted molar refractivity (Wildman–Crippen MR) is 74.3 cm³/mol. The van der Waals surface area contributed by atoms with Gasteiger partial charge in [0.05, 0.1) is 6.61 Å². The van der Waals surface area contributed by atoms with Gasteiger partial charge in [-0.15, -0.1) is 0 Å². The van der Waals surface area contributed by atoms with Crippen molar-refractivity contribution in [2.45, 2.75) is 39.7 Å². The van der Waals surface area contributed by atoms with E-state index in [-0.39, 0.29) is 11.3 Å². The summed E-state index contributed by atoms with van der Waals surface area (Å²) in [6.07, 6.45) is 0.519. The first-order valence-corrected chi connectivity index (χ1v) is 6.43. The van der Waals surface area contributed by atoms with Crippen molar-refractivity contribution in [1.29, 1.82) is 0 Å². The van der Waals surface area contributed by atoms with E-state index < -0.39 is 0 Å². The number of carbonyl (C=O) groups is 1. The van der Waals surface area contributed by atoms with Crippen molar-refractivity contribution in [3.63, 3.8) is 0 Å². The van der Waals surface area contributed by atoms with Crippen molar-refractivity contribution in [3.05, 3.63) is 29.8 Å². The van der Waals surface area contributed by atoms with E-state index in [1.54, 1.807) is 0 Å². The summed E-state index contributed by atoms with van der Waals surface area (Å²) in [5.74, 6) is 0.969. The zero-order valence-corrected chi connectivity index (χ0v) is 11.7. The molecule has 0 saturated heterocycles. The van der Waals surface area contributed by atoms with Crippen LogP contribution in [0.3, 0.4) is 0 Å². The van der Waals surface area contributed by atoms with Gasteiger partial charge in [-0.25, -0.2) is 0 Å². The second kappa shape index (κ2) is 6.55. The van der Waals surface area contributed by atoms with Gasteiger partial charge in [0.25, 0.3) is 0 Å². The largest absolute Gasteiger partial charge is 0.494 e. The summed E-state index contributed by atoms with van der Waals surface area (Å²) in [4.78, 5) is 11.9. The molecule has 0 radical (unpaired) electrons. The van der Waals surface area contributed by atoms with Crippen LogP contribution in [-0.4, -0.2) is 24.5 Å². The topological polar surface area (TPSA) is 38.3 Å². The van der Waals surface area contributed by atoms with Gasteiger partial charge in [0.2, 0.25) is 0 Å². The van der Waals surface area contributed by atoms with Crippen LogP contribution in [0.25, 0.3) is 0 Å². The van der Waals surface area contributed by atoms with E-state index in [1.165, 1.54) is 0 Å². The van der Waals surface area contributed by atoms with Crippen LogP contribution < -0.4 is 10.1 Å². The third-order valence-corrected chi connectivity index (χ3v) is 2.49. The average Bonchev–Trinajstić information content (AvgIpc) is 2.28.